The number of H-pyrrole nitrogens is 1. The Labute approximate surface area is 108 Å². The van der Waals surface area contributed by atoms with Crippen LogP contribution in [0, 0.1) is 18.6 Å². The molecule has 0 atom stereocenters. The molecule has 0 fully saturated rings. The normalized spacial score (nSPS) is 11.7. The molecule has 1 heterocycles. The van der Waals surface area contributed by atoms with E-state index in [0.717, 1.165) is 6.07 Å². The molecule has 8 heteroatoms. The molecule has 0 aliphatic rings. The first-order valence-corrected chi connectivity index (χ1v) is 6.82. The number of aromatic amines is 1. The molecule has 1 aromatic heterocycles. The van der Waals surface area contributed by atoms with E-state index in [4.69, 9.17) is 0 Å². The Morgan fingerprint density at radius 2 is 2.11 bits per heavy atom. The van der Waals surface area contributed by atoms with Gasteiger partial charge in [0, 0.05) is 18.2 Å². The molecule has 0 saturated carbocycles. The van der Waals surface area contributed by atoms with Gasteiger partial charge in [0.2, 0.25) is 10.0 Å². The Bertz CT molecular complexity index is 698. The lowest BCUT2D eigenvalue weighted by Gasteiger charge is -2.06. The first kappa shape index (κ1) is 13.6. The summed E-state index contributed by atoms with van der Waals surface area (Å²) in [7, 11) is -3.78. The molecule has 2 rings (SSSR count). The number of nitrogens with one attached hydrogen (secondary N) is 2. The van der Waals surface area contributed by atoms with Gasteiger partial charge < -0.3 is 0 Å². The third kappa shape index (κ3) is 2.96. The van der Waals surface area contributed by atoms with Gasteiger partial charge in [-0.25, -0.2) is 21.9 Å². The summed E-state index contributed by atoms with van der Waals surface area (Å²) >= 11 is 0. The van der Waals surface area contributed by atoms with E-state index in [-0.39, 0.29) is 17.0 Å². The molecule has 0 aliphatic heterocycles. The molecule has 2 aromatic rings. The molecule has 0 radical (unpaired) electrons. The summed E-state index contributed by atoms with van der Waals surface area (Å²) in [6.07, 6.45) is 1.17. The van der Waals surface area contributed by atoms with Crippen LogP contribution in [0.3, 0.4) is 0 Å². The van der Waals surface area contributed by atoms with Crippen LogP contribution in [0.25, 0.3) is 0 Å². The van der Waals surface area contributed by atoms with Crippen molar-refractivity contribution in [3.63, 3.8) is 0 Å². The van der Waals surface area contributed by atoms with Crippen molar-refractivity contribution in [2.24, 2.45) is 0 Å². The van der Waals surface area contributed by atoms with Gasteiger partial charge in [0.1, 0.15) is 16.5 Å². The molecule has 0 aliphatic carbocycles. The Balaban J connectivity index is 2.17. The lowest BCUT2D eigenvalue weighted by molar-refractivity contribution is 0.562. The van der Waals surface area contributed by atoms with Gasteiger partial charge in [-0.1, -0.05) is 6.07 Å². The van der Waals surface area contributed by atoms with Crippen LogP contribution in [-0.2, 0) is 16.6 Å². The number of sulfonamides is 1. The van der Waals surface area contributed by atoms with Crippen molar-refractivity contribution in [1.82, 2.24) is 14.9 Å². The highest BCUT2D eigenvalue weighted by Crippen LogP contribution is 2.13. The first-order chi connectivity index (χ1) is 8.90. The third-order valence-electron chi connectivity index (χ3n) is 2.54. The monoisotopic (exact) mass is 287 g/mol. The Morgan fingerprint density at radius 3 is 2.68 bits per heavy atom. The zero-order valence-electron chi connectivity index (χ0n) is 9.94. The van der Waals surface area contributed by atoms with Crippen LogP contribution in [0.5, 0.6) is 0 Å². The smallest absolute Gasteiger partial charge is 0.244 e. The fourth-order valence-electron chi connectivity index (χ4n) is 1.53. The van der Waals surface area contributed by atoms with Gasteiger partial charge >= 0.3 is 0 Å². The number of nitrogens with zero attached hydrogens (tertiary/aromatic N) is 1. The van der Waals surface area contributed by atoms with E-state index in [1.807, 2.05) is 0 Å². The molecule has 0 spiro atoms. The maximum Gasteiger partial charge on any atom is 0.244 e. The van der Waals surface area contributed by atoms with Crippen molar-refractivity contribution in [2.45, 2.75) is 18.4 Å². The van der Waals surface area contributed by atoms with Crippen LogP contribution in [-0.4, -0.2) is 18.6 Å². The van der Waals surface area contributed by atoms with Crippen molar-refractivity contribution >= 4 is 10.0 Å². The van der Waals surface area contributed by atoms with Gasteiger partial charge in [0.05, 0.1) is 11.9 Å². The summed E-state index contributed by atoms with van der Waals surface area (Å²) in [5.41, 5.74) is 0.443. The van der Waals surface area contributed by atoms with Crippen molar-refractivity contribution in [2.75, 3.05) is 0 Å². The zero-order chi connectivity index (χ0) is 14.0. The van der Waals surface area contributed by atoms with Gasteiger partial charge in [-0.2, -0.15) is 5.10 Å². The molecule has 19 heavy (non-hydrogen) atoms. The van der Waals surface area contributed by atoms with E-state index in [9.17, 15) is 17.2 Å². The summed E-state index contributed by atoms with van der Waals surface area (Å²) in [4.78, 5) is -0.00461. The summed E-state index contributed by atoms with van der Waals surface area (Å²) < 4.78 is 52.1. The van der Waals surface area contributed by atoms with E-state index in [1.165, 1.54) is 12.3 Å². The quantitative estimate of drug-likeness (QED) is 0.894. The number of hydrogen-bond acceptors (Lipinski definition) is 3. The number of aryl methyl sites for hydroxylation is 1. The van der Waals surface area contributed by atoms with E-state index in [0.29, 0.717) is 11.8 Å². The molecule has 0 amide bonds. The second kappa shape index (κ2) is 5.06. The molecule has 5 nitrogen and oxygen atoms in total. The maximum absolute atomic E-state index is 13.4. The first-order valence-electron chi connectivity index (χ1n) is 5.34. The largest absolute Gasteiger partial charge is 0.281 e. The highest BCUT2D eigenvalue weighted by Gasteiger charge is 2.18. The van der Waals surface area contributed by atoms with Gasteiger partial charge in [-0.05, 0) is 13.0 Å². The molecule has 1 aromatic carbocycles. The average molecular weight is 287 g/mol. The fourth-order valence-corrected chi connectivity index (χ4v) is 2.67. The fraction of sp³-hybridized carbons (Fsp3) is 0.182. The van der Waals surface area contributed by atoms with Crippen molar-refractivity contribution in [3.8, 4) is 0 Å². The Morgan fingerprint density at radius 1 is 1.37 bits per heavy atom. The minimum absolute atomic E-state index is 0.00461. The van der Waals surface area contributed by atoms with Crippen LogP contribution in [0.15, 0.2) is 29.3 Å². The number of halogens is 2. The second-order valence-corrected chi connectivity index (χ2v) is 5.65. The SMILES string of the molecule is Cc1[nH]ncc1S(=O)(=O)NCc1ccc(F)cc1F. The number of benzene rings is 1. The van der Waals surface area contributed by atoms with Gasteiger partial charge in [-0.15, -0.1) is 0 Å². The summed E-state index contributed by atoms with van der Waals surface area (Å²) in [5.74, 6) is -1.51. The Kier molecular flexibility index (Phi) is 3.63. The highest BCUT2D eigenvalue weighted by atomic mass is 32.2. The molecular weight excluding hydrogens is 276 g/mol. The molecular formula is C11H11F2N3O2S. The van der Waals surface area contributed by atoms with Crippen molar-refractivity contribution in [1.29, 1.82) is 0 Å². The second-order valence-electron chi connectivity index (χ2n) is 3.92. The van der Waals surface area contributed by atoms with E-state index >= 15 is 0 Å². The maximum atomic E-state index is 13.4. The van der Waals surface area contributed by atoms with Gasteiger partial charge in [-0.3, -0.25) is 5.10 Å². The molecule has 0 bridgehead atoms. The molecule has 0 unspecified atom stereocenters. The number of hydrogen-bond donors (Lipinski definition) is 2. The standard InChI is InChI=1S/C11H11F2N3O2S/c1-7-11(6-14-16-7)19(17,18)15-5-8-2-3-9(12)4-10(8)13/h2-4,6,15H,5H2,1H3,(H,14,16). The third-order valence-corrected chi connectivity index (χ3v) is 4.06. The van der Waals surface area contributed by atoms with Crippen LogP contribution in [0.1, 0.15) is 11.3 Å². The summed E-state index contributed by atoms with van der Waals surface area (Å²) in [5, 5.41) is 6.10. The summed E-state index contributed by atoms with van der Waals surface area (Å²) in [6.45, 7) is 1.29. The molecule has 102 valence electrons. The lowest BCUT2D eigenvalue weighted by Crippen LogP contribution is -2.24. The number of rotatable bonds is 4. The van der Waals surface area contributed by atoms with Crippen molar-refractivity contribution < 1.29 is 17.2 Å². The van der Waals surface area contributed by atoms with Crippen molar-refractivity contribution in [3.05, 3.63) is 47.3 Å². The van der Waals surface area contributed by atoms with Gasteiger partial charge in [0.15, 0.2) is 0 Å². The Hall–Kier alpha value is -1.80. The van der Waals surface area contributed by atoms with Crippen LogP contribution < -0.4 is 4.72 Å². The van der Waals surface area contributed by atoms with Gasteiger partial charge in [0.25, 0.3) is 0 Å². The average Bonchev–Trinajstić information content (AvgIpc) is 2.75. The van der Waals surface area contributed by atoms with E-state index in [2.05, 4.69) is 14.9 Å². The highest BCUT2D eigenvalue weighted by molar-refractivity contribution is 7.89. The van der Waals surface area contributed by atoms with Crippen LogP contribution in [0.4, 0.5) is 8.78 Å². The van der Waals surface area contributed by atoms with E-state index < -0.39 is 21.7 Å². The molecule has 2 N–H and O–H groups in total. The minimum atomic E-state index is -3.78. The minimum Gasteiger partial charge on any atom is -0.281 e. The van der Waals surface area contributed by atoms with Crippen LogP contribution >= 0.6 is 0 Å². The topological polar surface area (TPSA) is 74.8 Å². The predicted molar refractivity (Wildman–Crippen MR) is 63.7 cm³/mol. The van der Waals surface area contributed by atoms with Crippen LogP contribution in [0.2, 0.25) is 0 Å². The van der Waals surface area contributed by atoms with E-state index in [1.54, 1.807) is 6.92 Å². The molecule has 0 saturated heterocycles. The lowest BCUT2D eigenvalue weighted by atomic mass is 10.2. The zero-order valence-corrected chi connectivity index (χ0v) is 10.8. The number of aromatic nitrogens is 2. The summed E-state index contributed by atoms with van der Waals surface area (Å²) in [6, 6.07) is 2.96. The predicted octanol–water partition coefficient (Wildman–Crippen LogP) is 1.47.